The summed E-state index contributed by atoms with van der Waals surface area (Å²) in [5, 5.41) is 0. The largest absolute Gasteiger partial charge is 0.327 e. The molecule has 17 heavy (non-hydrogen) atoms. The van der Waals surface area contributed by atoms with Gasteiger partial charge in [-0.05, 0) is 17.5 Å². The first-order chi connectivity index (χ1) is 8.38. The summed E-state index contributed by atoms with van der Waals surface area (Å²) in [7, 11) is 0. The molecule has 0 radical (unpaired) electrons. The van der Waals surface area contributed by atoms with E-state index in [-0.39, 0.29) is 0 Å². The van der Waals surface area contributed by atoms with E-state index in [9.17, 15) is 0 Å². The van der Waals surface area contributed by atoms with Gasteiger partial charge in [-0.2, -0.15) is 0 Å². The lowest BCUT2D eigenvalue weighted by atomic mass is 10.0. The van der Waals surface area contributed by atoms with Crippen LogP contribution in [0.5, 0.6) is 0 Å². The van der Waals surface area contributed by atoms with E-state index in [1.807, 2.05) is 24.3 Å². The smallest absolute Gasteiger partial charge is 0.0143 e. The SMILES string of the molecule is NC/C(=C/c1ccccc1)Cc1ccccc1. The third kappa shape index (κ3) is 3.58. The molecule has 1 nitrogen and oxygen atoms in total. The van der Waals surface area contributed by atoms with Gasteiger partial charge in [0, 0.05) is 6.54 Å². The fourth-order valence-corrected chi connectivity index (χ4v) is 1.83. The van der Waals surface area contributed by atoms with Crippen molar-refractivity contribution in [3.05, 3.63) is 77.4 Å². The van der Waals surface area contributed by atoms with Crippen LogP contribution in [-0.2, 0) is 6.42 Å². The Bertz CT molecular complexity index is 471. The van der Waals surface area contributed by atoms with E-state index < -0.39 is 0 Å². The highest BCUT2D eigenvalue weighted by atomic mass is 14.5. The third-order valence-electron chi connectivity index (χ3n) is 2.71. The Balaban J connectivity index is 2.15. The summed E-state index contributed by atoms with van der Waals surface area (Å²) in [6, 6.07) is 20.7. The molecule has 2 aromatic carbocycles. The molecule has 0 fully saturated rings. The van der Waals surface area contributed by atoms with E-state index in [1.165, 1.54) is 16.7 Å². The number of rotatable bonds is 4. The Kier molecular flexibility index (Phi) is 4.11. The van der Waals surface area contributed by atoms with Crippen LogP contribution in [0.1, 0.15) is 11.1 Å². The molecular weight excluding hydrogens is 206 g/mol. The molecule has 0 aliphatic carbocycles. The fourth-order valence-electron chi connectivity index (χ4n) is 1.83. The van der Waals surface area contributed by atoms with Crippen molar-refractivity contribution in [1.29, 1.82) is 0 Å². The number of hydrogen-bond donors (Lipinski definition) is 1. The van der Waals surface area contributed by atoms with Crippen LogP contribution < -0.4 is 5.73 Å². The monoisotopic (exact) mass is 223 g/mol. The van der Waals surface area contributed by atoms with Gasteiger partial charge in [0.05, 0.1) is 0 Å². The van der Waals surface area contributed by atoms with Crippen LogP contribution in [0.2, 0.25) is 0 Å². The van der Waals surface area contributed by atoms with E-state index in [0.29, 0.717) is 6.54 Å². The number of hydrogen-bond acceptors (Lipinski definition) is 1. The van der Waals surface area contributed by atoms with E-state index >= 15 is 0 Å². The van der Waals surface area contributed by atoms with Gasteiger partial charge < -0.3 is 5.73 Å². The number of benzene rings is 2. The van der Waals surface area contributed by atoms with Crippen molar-refractivity contribution in [1.82, 2.24) is 0 Å². The molecule has 0 unspecified atom stereocenters. The molecule has 2 aromatic rings. The highest BCUT2D eigenvalue weighted by Crippen LogP contribution is 2.11. The quantitative estimate of drug-likeness (QED) is 0.845. The van der Waals surface area contributed by atoms with Gasteiger partial charge in [0.1, 0.15) is 0 Å². The van der Waals surface area contributed by atoms with E-state index in [2.05, 4.69) is 42.5 Å². The topological polar surface area (TPSA) is 26.0 Å². The summed E-state index contributed by atoms with van der Waals surface area (Å²) in [5.74, 6) is 0. The predicted molar refractivity (Wildman–Crippen MR) is 73.6 cm³/mol. The van der Waals surface area contributed by atoms with Crippen molar-refractivity contribution >= 4 is 6.08 Å². The molecule has 86 valence electrons. The van der Waals surface area contributed by atoms with Gasteiger partial charge in [0.2, 0.25) is 0 Å². The molecule has 0 aromatic heterocycles. The van der Waals surface area contributed by atoms with Gasteiger partial charge in [-0.1, -0.05) is 72.3 Å². The molecule has 0 aliphatic heterocycles. The lowest BCUT2D eigenvalue weighted by molar-refractivity contribution is 1.05. The minimum Gasteiger partial charge on any atom is -0.327 e. The normalized spacial score (nSPS) is 11.5. The summed E-state index contributed by atoms with van der Waals surface area (Å²) in [6.45, 7) is 0.601. The Morgan fingerprint density at radius 3 is 2.06 bits per heavy atom. The molecule has 2 N–H and O–H groups in total. The first kappa shape index (κ1) is 11.6. The van der Waals surface area contributed by atoms with E-state index in [4.69, 9.17) is 5.73 Å². The van der Waals surface area contributed by atoms with Gasteiger partial charge in [-0.15, -0.1) is 0 Å². The molecule has 0 bridgehead atoms. The van der Waals surface area contributed by atoms with Crippen molar-refractivity contribution in [2.45, 2.75) is 6.42 Å². The van der Waals surface area contributed by atoms with Crippen LogP contribution in [-0.4, -0.2) is 6.54 Å². The van der Waals surface area contributed by atoms with Crippen molar-refractivity contribution in [2.24, 2.45) is 5.73 Å². The maximum Gasteiger partial charge on any atom is 0.0143 e. The summed E-state index contributed by atoms with van der Waals surface area (Å²) < 4.78 is 0. The second kappa shape index (κ2) is 6.02. The van der Waals surface area contributed by atoms with Crippen LogP contribution in [0, 0.1) is 0 Å². The van der Waals surface area contributed by atoms with Crippen LogP contribution in [0.25, 0.3) is 6.08 Å². The average molecular weight is 223 g/mol. The molecule has 1 heteroatoms. The Morgan fingerprint density at radius 1 is 0.882 bits per heavy atom. The summed E-state index contributed by atoms with van der Waals surface area (Å²) in [6.07, 6.45) is 3.10. The maximum atomic E-state index is 5.80. The van der Waals surface area contributed by atoms with E-state index in [1.54, 1.807) is 0 Å². The molecule has 0 saturated heterocycles. The zero-order chi connectivity index (χ0) is 11.9. The molecule has 0 spiro atoms. The van der Waals surface area contributed by atoms with Crippen LogP contribution in [0.3, 0.4) is 0 Å². The Morgan fingerprint density at radius 2 is 1.47 bits per heavy atom. The van der Waals surface area contributed by atoms with Crippen molar-refractivity contribution in [2.75, 3.05) is 6.54 Å². The second-order valence-electron chi connectivity index (χ2n) is 4.08. The van der Waals surface area contributed by atoms with Gasteiger partial charge in [-0.25, -0.2) is 0 Å². The maximum absolute atomic E-state index is 5.80. The first-order valence-electron chi connectivity index (χ1n) is 5.87. The molecule has 0 saturated carbocycles. The fraction of sp³-hybridized carbons (Fsp3) is 0.125. The van der Waals surface area contributed by atoms with Crippen molar-refractivity contribution in [3.8, 4) is 0 Å². The highest BCUT2D eigenvalue weighted by molar-refractivity contribution is 5.53. The zero-order valence-corrected chi connectivity index (χ0v) is 9.84. The number of nitrogens with two attached hydrogens (primary N) is 1. The predicted octanol–water partition coefficient (Wildman–Crippen LogP) is 3.27. The molecule has 2 rings (SSSR count). The van der Waals surface area contributed by atoms with Crippen LogP contribution in [0.15, 0.2) is 66.2 Å². The summed E-state index contributed by atoms with van der Waals surface area (Å²) >= 11 is 0. The minimum atomic E-state index is 0.601. The van der Waals surface area contributed by atoms with Crippen molar-refractivity contribution in [3.63, 3.8) is 0 Å². The standard InChI is InChI=1S/C16H17N/c17-13-16(11-14-7-3-1-4-8-14)12-15-9-5-2-6-10-15/h1-11H,12-13,17H2/b16-11+. The Hall–Kier alpha value is -1.86. The Labute approximate surface area is 103 Å². The van der Waals surface area contributed by atoms with Gasteiger partial charge in [-0.3, -0.25) is 0 Å². The molecule has 0 heterocycles. The zero-order valence-electron chi connectivity index (χ0n) is 9.84. The van der Waals surface area contributed by atoms with E-state index in [0.717, 1.165) is 6.42 Å². The molecule has 0 atom stereocenters. The van der Waals surface area contributed by atoms with Crippen molar-refractivity contribution < 1.29 is 0 Å². The summed E-state index contributed by atoms with van der Waals surface area (Å²) in [4.78, 5) is 0. The second-order valence-corrected chi connectivity index (χ2v) is 4.08. The van der Waals surface area contributed by atoms with Gasteiger partial charge in [0.25, 0.3) is 0 Å². The van der Waals surface area contributed by atoms with Gasteiger partial charge in [0.15, 0.2) is 0 Å². The average Bonchev–Trinajstić information content (AvgIpc) is 2.40. The van der Waals surface area contributed by atoms with Crippen LogP contribution in [0.4, 0.5) is 0 Å². The first-order valence-corrected chi connectivity index (χ1v) is 5.87. The third-order valence-corrected chi connectivity index (χ3v) is 2.71. The molecule has 0 amide bonds. The molecule has 0 aliphatic rings. The van der Waals surface area contributed by atoms with Crippen LogP contribution >= 0.6 is 0 Å². The minimum absolute atomic E-state index is 0.601. The summed E-state index contributed by atoms with van der Waals surface area (Å²) in [5.41, 5.74) is 9.57. The lowest BCUT2D eigenvalue weighted by Gasteiger charge is -2.05. The van der Waals surface area contributed by atoms with Gasteiger partial charge >= 0.3 is 0 Å². The molecular formula is C16H17N. The highest BCUT2D eigenvalue weighted by Gasteiger charge is 1.97. The lowest BCUT2D eigenvalue weighted by Crippen LogP contribution is -2.05.